The van der Waals surface area contributed by atoms with E-state index < -0.39 is 36.5 Å². The van der Waals surface area contributed by atoms with Gasteiger partial charge in [-0.1, -0.05) is 17.8 Å². The first-order valence-electron chi connectivity index (χ1n) is 6.42. The van der Waals surface area contributed by atoms with E-state index in [-0.39, 0.29) is 0 Å². The summed E-state index contributed by atoms with van der Waals surface area (Å²) in [6, 6.07) is 0. The van der Waals surface area contributed by atoms with Crippen molar-refractivity contribution in [2.75, 3.05) is 6.26 Å². The van der Waals surface area contributed by atoms with E-state index in [1.54, 1.807) is 6.08 Å². The number of rotatable bonds is 4. The van der Waals surface area contributed by atoms with Gasteiger partial charge in [0.15, 0.2) is 24.3 Å². The quantitative estimate of drug-likeness (QED) is 0.626. The van der Waals surface area contributed by atoms with Gasteiger partial charge in [-0.2, -0.15) is 0 Å². The van der Waals surface area contributed by atoms with Crippen molar-refractivity contribution in [2.45, 2.75) is 56.8 Å². The molecule has 0 bridgehead atoms. The molecule has 0 amide bonds. The van der Waals surface area contributed by atoms with Crippen LogP contribution in [0.15, 0.2) is 12.7 Å². The first kappa shape index (κ1) is 16.2. The molecular formula is C13H20O5S2. The third-order valence-electron chi connectivity index (χ3n) is 3.21. The second-order valence-electron chi connectivity index (χ2n) is 5.20. The van der Waals surface area contributed by atoms with Crippen molar-refractivity contribution in [3.05, 3.63) is 12.7 Å². The van der Waals surface area contributed by atoms with Crippen molar-refractivity contribution >= 4 is 28.4 Å². The van der Waals surface area contributed by atoms with E-state index in [2.05, 4.69) is 6.58 Å². The monoisotopic (exact) mass is 320 g/mol. The van der Waals surface area contributed by atoms with E-state index in [0.29, 0.717) is 10.8 Å². The van der Waals surface area contributed by atoms with E-state index in [1.807, 2.05) is 20.1 Å². The molecule has 7 heteroatoms. The van der Waals surface area contributed by atoms with Crippen LogP contribution in [0.4, 0.5) is 0 Å². The van der Waals surface area contributed by atoms with Crippen molar-refractivity contribution < 1.29 is 24.1 Å². The van der Waals surface area contributed by atoms with Gasteiger partial charge < -0.3 is 24.1 Å². The summed E-state index contributed by atoms with van der Waals surface area (Å²) < 4.78 is 23.3. The van der Waals surface area contributed by atoms with Crippen LogP contribution >= 0.6 is 24.0 Å². The molecule has 2 heterocycles. The molecule has 0 radical (unpaired) electrons. The molecule has 0 aromatic heterocycles. The second-order valence-corrected chi connectivity index (χ2v) is 6.61. The Morgan fingerprint density at radius 2 is 2.25 bits per heavy atom. The van der Waals surface area contributed by atoms with Gasteiger partial charge in [-0.05, 0) is 38.7 Å². The lowest BCUT2D eigenvalue weighted by molar-refractivity contribution is -0.224. The predicted octanol–water partition coefficient (Wildman–Crippen LogP) is 1.83. The number of hydrogen-bond donors (Lipinski definition) is 1. The molecule has 0 spiro atoms. The van der Waals surface area contributed by atoms with Crippen molar-refractivity contribution in [3.8, 4) is 0 Å². The average molecular weight is 320 g/mol. The van der Waals surface area contributed by atoms with Crippen molar-refractivity contribution in [1.29, 1.82) is 0 Å². The van der Waals surface area contributed by atoms with Crippen molar-refractivity contribution in [3.63, 3.8) is 0 Å². The van der Waals surface area contributed by atoms with E-state index >= 15 is 0 Å². The largest absolute Gasteiger partial charge is 0.469 e. The molecule has 0 unspecified atom stereocenters. The molecule has 0 aliphatic carbocycles. The molecule has 0 aromatic rings. The number of thiocarbonyl (C=S) groups is 1. The Morgan fingerprint density at radius 3 is 2.85 bits per heavy atom. The Balaban J connectivity index is 2.13. The molecule has 2 rings (SSSR count). The number of thioether (sulfide) groups is 1. The molecule has 2 aliphatic heterocycles. The highest BCUT2D eigenvalue weighted by Crippen LogP contribution is 2.40. The van der Waals surface area contributed by atoms with Crippen LogP contribution in [0.1, 0.15) is 20.3 Å². The van der Waals surface area contributed by atoms with Gasteiger partial charge in [-0.25, -0.2) is 0 Å². The normalized spacial score (nSPS) is 36.4. The number of hydrogen-bond acceptors (Lipinski definition) is 7. The predicted molar refractivity (Wildman–Crippen MR) is 80.5 cm³/mol. The van der Waals surface area contributed by atoms with Crippen LogP contribution in [0.5, 0.6) is 0 Å². The van der Waals surface area contributed by atoms with E-state index in [4.69, 9.17) is 31.2 Å². The molecule has 2 fully saturated rings. The fourth-order valence-electron chi connectivity index (χ4n) is 2.41. The lowest BCUT2D eigenvalue weighted by atomic mass is 10.0. The number of aliphatic hydroxyl groups is 1. The van der Waals surface area contributed by atoms with Gasteiger partial charge in [0, 0.05) is 0 Å². The van der Waals surface area contributed by atoms with E-state index in [1.165, 1.54) is 11.8 Å². The molecule has 114 valence electrons. The minimum atomic E-state index is -0.733. The van der Waals surface area contributed by atoms with Gasteiger partial charge in [0.2, 0.25) is 4.38 Å². The molecule has 5 nitrogen and oxygen atoms in total. The lowest BCUT2D eigenvalue weighted by Gasteiger charge is -2.28. The topological polar surface area (TPSA) is 57.2 Å². The zero-order chi connectivity index (χ0) is 14.9. The maximum Gasteiger partial charge on any atom is 0.220 e. The summed E-state index contributed by atoms with van der Waals surface area (Å²) in [4.78, 5) is 0. The van der Waals surface area contributed by atoms with Crippen LogP contribution in [0.3, 0.4) is 0 Å². The summed E-state index contributed by atoms with van der Waals surface area (Å²) in [7, 11) is 0. The molecule has 20 heavy (non-hydrogen) atoms. The Morgan fingerprint density at radius 1 is 1.55 bits per heavy atom. The molecule has 2 aliphatic rings. The zero-order valence-corrected chi connectivity index (χ0v) is 13.4. The van der Waals surface area contributed by atoms with Crippen LogP contribution in [-0.2, 0) is 18.9 Å². The Labute approximate surface area is 128 Å². The molecular weight excluding hydrogens is 300 g/mol. The van der Waals surface area contributed by atoms with Gasteiger partial charge in [0.25, 0.3) is 0 Å². The van der Waals surface area contributed by atoms with Gasteiger partial charge >= 0.3 is 0 Å². The summed E-state index contributed by atoms with van der Waals surface area (Å²) in [5.74, 6) is -0.730. The highest BCUT2D eigenvalue weighted by molar-refractivity contribution is 8.22. The molecule has 0 saturated carbocycles. The second kappa shape index (κ2) is 6.29. The summed E-state index contributed by atoms with van der Waals surface area (Å²) in [5.41, 5.74) is 0. The number of fused-ring (bicyclic) bond motifs is 1. The maximum absolute atomic E-state index is 10.2. The van der Waals surface area contributed by atoms with E-state index in [9.17, 15) is 5.11 Å². The molecule has 2 saturated heterocycles. The summed E-state index contributed by atoms with van der Waals surface area (Å²) >= 11 is 6.43. The third kappa shape index (κ3) is 3.35. The minimum Gasteiger partial charge on any atom is -0.469 e. The van der Waals surface area contributed by atoms with Gasteiger partial charge in [-0.15, -0.1) is 6.58 Å². The Hall–Kier alpha value is -0.180. The lowest BCUT2D eigenvalue weighted by Crippen LogP contribution is -2.43. The van der Waals surface area contributed by atoms with Crippen LogP contribution < -0.4 is 0 Å². The Kier molecular flexibility index (Phi) is 5.09. The van der Waals surface area contributed by atoms with Crippen LogP contribution in [0.2, 0.25) is 0 Å². The SMILES string of the molecule is C=CC[C@@H](O)[C@H]1O[C@@H]2OC(C)(C)O[C@@H]2[C@H]1OC(=S)SC. The average Bonchev–Trinajstić information content (AvgIpc) is 2.83. The van der Waals surface area contributed by atoms with Crippen molar-refractivity contribution in [1.82, 2.24) is 0 Å². The zero-order valence-electron chi connectivity index (χ0n) is 11.8. The summed E-state index contributed by atoms with van der Waals surface area (Å²) in [6.45, 7) is 7.25. The first-order chi connectivity index (χ1) is 9.38. The number of aliphatic hydroxyl groups excluding tert-OH is 1. The first-order valence-corrected chi connectivity index (χ1v) is 8.06. The third-order valence-corrected chi connectivity index (χ3v) is 4.24. The van der Waals surface area contributed by atoms with Gasteiger partial charge in [-0.3, -0.25) is 0 Å². The molecule has 1 N–H and O–H groups in total. The summed E-state index contributed by atoms with van der Waals surface area (Å²) in [6.07, 6.45) is 1.14. The van der Waals surface area contributed by atoms with E-state index in [0.717, 1.165) is 0 Å². The highest BCUT2D eigenvalue weighted by Gasteiger charge is 2.57. The summed E-state index contributed by atoms with van der Waals surface area (Å²) in [5, 5.41) is 10.2. The number of ether oxygens (including phenoxy) is 4. The van der Waals surface area contributed by atoms with Crippen LogP contribution in [0, 0.1) is 0 Å². The molecule has 5 atom stereocenters. The smallest absolute Gasteiger partial charge is 0.220 e. The minimum absolute atomic E-state index is 0.392. The van der Waals surface area contributed by atoms with Gasteiger partial charge in [0.05, 0.1) is 6.10 Å². The van der Waals surface area contributed by atoms with Crippen LogP contribution in [-0.4, -0.2) is 52.2 Å². The fourth-order valence-corrected chi connectivity index (χ4v) is 2.73. The van der Waals surface area contributed by atoms with Crippen LogP contribution in [0.25, 0.3) is 0 Å². The standard InChI is InChI=1S/C13H20O5S2/c1-5-6-7(14)8-9(16-12(19)20-4)10-11(15-8)18-13(2,3)17-10/h5,7-11,14H,1,6H2,2-4H3/t7-,8-,9+,10-,11-/m1/s1. The van der Waals surface area contributed by atoms with Gasteiger partial charge in [0.1, 0.15) is 6.10 Å². The Bertz CT molecular complexity index is 387. The van der Waals surface area contributed by atoms with Crippen molar-refractivity contribution in [2.24, 2.45) is 0 Å². The highest BCUT2D eigenvalue weighted by atomic mass is 32.2. The fraction of sp³-hybridized carbons (Fsp3) is 0.769. The maximum atomic E-state index is 10.2. The molecule has 0 aromatic carbocycles.